The van der Waals surface area contributed by atoms with Crippen molar-refractivity contribution in [3.05, 3.63) is 55.1 Å². The predicted molar refractivity (Wildman–Crippen MR) is 95.0 cm³/mol. The Kier molecular flexibility index (Phi) is 6.41. The van der Waals surface area contributed by atoms with Crippen molar-refractivity contribution in [2.24, 2.45) is 0 Å². The average Bonchev–Trinajstić information content (AvgIpc) is 2.50. The number of hydrogen-bond donors (Lipinski definition) is 1. The second kappa shape index (κ2) is 8.10. The van der Waals surface area contributed by atoms with Crippen LogP contribution in [0.1, 0.15) is 10.4 Å². The molecule has 0 saturated carbocycles. The molecule has 1 heterocycles. The van der Waals surface area contributed by atoms with Gasteiger partial charge in [-0.3, -0.25) is 4.79 Å². The molecule has 2 aromatic rings. The Morgan fingerprint density at radius 2 is 1.96 bits per heavy atom. The van der Waals surface area contributed by atoms with Crippen molar-refractivity contribution in [1.82, 2.24) is 4.98 Å². The van der Waals surface area contributed by atoms with Gasteiger partial charge in [0.2, 0.25) is 0 Å². The maximum Gasteiger partial charge on any atom is 0.340 e. The lowest BCUT2D eigenvalue weighted by atomic mass is 10.3. The van der Waals surface area contributed by atoms with E-state index in [4.69, 9.17) is 27.9 Å². The van der Waals surface area contributed by atoms with Gasteiger partial charge < -0.3 is 10.1 Å². The van der Waals surface area contributed by atoms with E-state index >= 15 is 0 Å². The minimum Gasteiger partial charge on any atom is -0.452 e. The monoisotopic (exact) mass is 480 g/mol. The van der Waals surface area contributed by atoms with Crippen molar-refractivity contribution in [2.75, 3.05) is 11.9 Å². The number of ether oxygens (including phenoxy) is 1. The molecule has 23 heavy (non-hydrogen) atoms. The fraction of sp³-hybridized carbons (Fsp3) is 0.0714. The molecule has 0 saturated heterocycles. The van der Waals surface area contributed by atoms with Gasteiger partial charge in [0.25, 0.3) is 5.91 Å². The molecule has 1 aromatic carbocycles. The molecule has 120 valence electrons. The summed E-state index contributed by atoms with van der Waals surface area (Å²) in [6, 6.07) is 6.58. The van der Waals surface area contributed by atoms with Crippen LogP contribution < -0.4 is 5.32 Å². The number of anilines is 1. The number of aromatic nitrogens is 1. The molecule has 5 nitrogen and oxygen atoms in total. The number of benzene rings is 1. The average molecular weight is 483 g/mol. The van der Waals surface area contributed by atoms with Crippen LogP contribution in [0.25, 0.3) is 0 Å². The molecule has 2 rings (SSSR count). The van der Waals surface area contributed by atoms with Crippen LogP contribution in [0.15, 0.2) is 39.4 Å². The van der Waals surface area contributed by atoms with Crippen molar-refractivity contribution in [1.29, 1.82) is 0 Å². The first-order valence-corrected chi connectivity index (χ1v) is 8.44. The summed E-state index contributed by atoms with van der Waals surface area (Å²) in [5.74, 6) is -1.20. The van der Waals surface area contributed by atoms with E-state index < -0.39 is 18.5 Å². The Balaban J connectivity index is 1.93. The van der Waals surface area contributed by atoms with Crippen molar-refractivity contribution >= 4 is 72.6 Å². The molecule has 0 aliphatic carbocycles. The third kappa shape index (κ3) is 5.17. The summed E-state index contributed by atoms with van der Waals surface area (Å²) in [5, 5.41) is 2.83. The zero-order valence-corrected chi connectivity index (χ0v) is 16.0. The summed E-state index contributed by atoms with van der Waals surface area (Å²) in [4.78, 5) is 27.4. The number of amides is 1. The van der Waals surface area contributed by atoms with Gasteiger partial charge in [0.1, 0.15) is 5.15 Å². The number of nitrogens with zero attached hydrogens (tertiary/aromatic N) is 1. The number of esters is 1. The van der Waals surface area contributed by atoms with Gasteiger partial charge >= 0.3 is 5.97 Å². The topological polar surface area (TPSA) is 68.3 Å². The summed E-state index contributed by atoms with van der Waals surface area (Å²) in [6.45, 7) is -0.443. The Morgan fingerprint density at radius 3 is 2.61 bits per heavy atom. The van der Waals surface area contributed by atoms with Gasteiger partial charge in [-0.05, 0) is 40.2 Å². The summed E-state index contributed by atoms with van der Waals surface area (Å²) >= 11 is 18.1. The zero-order valence-electron chi connectivity index (χ0n) is 11.3. The van der Waals surface area contributed by atoms with Gasteiger partial charge in [-0.1, -0.05) is 39.1 Å². The normalized spacial score (nSPS) is 10.3. The van der Waals surface area contributed by atoms with Crippen LogP contribution in [0.3, 0.4) is 0 Å². The highest BCUT2D eigenvalue weighted by Gasteiger charge is 2.13. The van der Waals surface area contributed by atoms with Crippen LogP contribution in [-0.4, -0.2) is 23.5 Å². The molecule has 1 amide bonds. The number of nitrogens with one attached hydrogen (secondary N) is 1. The quantitative estimate of drug-likeness (QED) is 0.506. The molecule has 9 heteroatoms. The van der Waals surface area contributed by atoms with E-state index in [0.717, 1.165) is 4.47 Å². The highest BCUT2D eigenvalue weighted by atomic mass is 79.9. The lowest BCUT2D eigenvalue weighted by molar-refractivity contribution is -0.119. The Labute approximate surface area is 158 Å². The lowest BCUT2D eigenvalue weighted by Gasteiger charge is -2.08. The van der Waals surface area contributed by atoms with Gasteiger partial charge in [-0.15, -0.1) is 0 Å². The van der Waals surface area contributed by atoms with Crippen LogP contribution in [0.2, 0.25) is 10.2 Å². The number of halogens is 4. The number of hydrogen-bond acceptors (Lipinski definition) is 4. The first-order chi connectivity index (χ1) is 10.9. The highest BCUT2D eigenvalue weighted by Crippen LogP contribution is 2.26. The van der Waals surface area contributed by atoms with Crippen molar-refractivity contribution in [3.8, 4) is 0 Å². The third-order valence-electron chi connectivity index (χ3n) is 2.57. The van der Waals surface area contributed by atoms with E-state index in [1.54, 1.807) is 18.2 Å². The van der Waals surface area contributed by atoms with Crippen LogP contribution in [-0.2, 0) is 9.53 Å². The largest absolute Gasteiger partial charge is 0.452 e. The van der Waals surface area contributed by atoms with Gasteiger partial charge in [0.15, 0.2) is 6.61 Å². The zero-order chi connectivity index (χ0) is 17.0. The minimum absolute atomic E-state index is 0.0843. The molecule has 0 unspecified atom stereocenters. The summed E-state index contributed by atoms with van der Waals surface area (Å²) < 4.78 is 6.46. The summed E-state index contributed by atoms with van der Waals surface area (Å²) in [7, 11) is 0. The Morgan fingerprint density at radius 1 is 1.22 bits per heavy atom. The molecular weight excluding hydrogens is 475 g/mol. The molecular formula is C14H8Br2Cl2N2O3. The van der Waals surface area contributed by atoms with Gasteiger partial charge in [0, 0.05) is 15.1 Å². The van der Waals surface area contributed by atoms with E-state index in [9.17, 15) is 9.59 Å². The van der Waals surface area contributed by atoms with Crippen molar-refractivity contribution in [2.45, 2.75) is 0 Å². The summed E-state index contributed by atoms with van der Waals surface area (Å²) in [5.41, 5.74) is 0.669. The van der Waals surface area contributed by atoms with Crippen LogP contribution >= 0.6 is 55.1 Å². The molecule has 0 aliphatic heterocycles. The van der Waals surface area contributed by atoms with E-state index in [2.05, 4.69) is 42.2 Å². The minimum atomic E-state index is -0.721. The first-order valence-electron chi connectivity index (χ1n) is 6.10. The first kappa shape index (κ1) is 18.2. The van der Waals surface area contributed by atoms with Crippen molar-refractivity contribution in [3.63, 3.8) is 0 Å². The second-order valence-corrected chi connectivity index (χ2v) is 6.78. The smallest absolute Gasteiger partial charge is 0.340 e. The van der Waals surface area contributed by atoms with Gasteiger partial charge in [-0.2, -0.15) is 0 Å². The SMILES string of the molecule is O=C(COC(=O)c1cnc(Cl)c(Cl)c1)Nc1ccc(Br)cc1Br. The van der Waals surface area contributed by atoms with Crippen LogP contribution in [0.4, 0.5) is 5.69 Å². The standard InChI is InChI=1S/C14H8Br2Cl2N2O3/c15-8-1-2-11(9(16)4-8)20-12(21)6-23-14(22)7-3-10(17)13(18)19-5-7/h1-5H,6H2,(H,20,21). The molecule has 0 bridgehead atoms. The van der Waals surface area contributed by atoms with Crippen LogP contribution in [0.5, 0.6) is 0 Å². The predicted octanol–water partition coefficient (Wildman–Crippen LogP) is 4.71. The van der Waals surface area contributed by atoms with E-state index in [0.29, 0.717) is 10.2 Å². The molecule has 1 aromatic heterocycles. The lowest BCUT2D eigenvalue weighted by Crippen LogP contribution is -2.21. The van der Waals surface area contributed by atoms with Crippen LogP contribution in [0, 0.1) is 0 Å². The van der Waals surface area contributed by atoms with E-state index in [1.807, 2.05) is 0 Å². The van der Waals surface area contributed by atoms with E-state index in [-0.39, 0.29) is 15.7 Å². The Hall–Kier alpha value is -1.15. The number of pyridine rings is 1. The van der Waals surface area contributed by atoms with Gasteiger partial charge in [-0.25, -0.2) is 9.78 Å². The summed E-state index contributed by atoms with van der Waals surface area (Å²) in [6.07, 6.45) is 1.22. The molecule has 1 N–H and O–H groups in total. The maximum absolute atomic E-state index is 11.8. The fourth-order valence-corrected chi connectivity index (χ4v) is 2.94. The molecule has 0 spiro atoms. The molecule has 0 aliphatic rings. The third-order valence-corrected chi connectivity index (χ3v) is 4.41. The fourth-order valence-electron chi connectivity index (χ4n) is 1.52. The maximum atomic E-state index is 11.8. The van der Waals surface area contributed by atoms with E-state index in [1.165, 1.54) is 12.3 Å². The number of carbonyl (C=O) groups is 2. The molecule has 0 fully saturated rings. The molecule has 0 atom stereocenters. The number of rotatable bonds is 4. The van der Waals surface area contributed by atoms with Crippen molar-refractivity contribution < 1.29 is 14.3 Å². The highest BCUT2D eigenvalue weighted by molar-refractivity contribution is 9.11. The number of carbonyl (C=O) groups excluding carboxylic acids is 2. The van der Waals surface area contributed by atoms with Gasteiger partial charge in [0.05, 0.1) is 16.3 Å². The second-order valence-electron chi connectivity index (χ2n) is 4.25. The molecule has 0 radical (unpaired) electrons. The Bertz CT molecular complexity index is 772.